The molecule has 0 unspecified atom stereocenters. The number of halogens is 1. The number of nitrogens with zero attached hydrogens (tertiary/aromatic N) is 3. The molecule has 72 valence electrons. The molecule has 2 aromatic heterocycles. The monoisotopic (exact) mass is 215 g/mol. The van der Waals surface area contributed by atoms with Crippen LogP contribution in [0, 0.1) is 0 Å². The Kier molecular flexibility index (Phi) is 1.74. The third-order valence-electron chi connectivity index (χ3n) is 1.46. The highest BCUT2D eigenvalue weighted by Gasteiger charge is 2.10. The van der Waals surface area contributed by atoms with Crippen LogP contribution in [-0.2, 0) is 0 Å². The van der Waals surface area contributed by atoms with Gasteiger partial charge in [-0.2, -0.15) is 4.98 Å². The molecule has 7 nitrogen and oxygen atoms in total. The average Bonchev–Trinajstić information content (AvgIpc) is 2.14. The van der Waals surface area contributed by atoms with Gasteiger partial charge >= 0.3 is 11.3 Å². The van der Waals surface area contributed by atoms with Crippen molar-refractivity contribution < 1.29 is 9.62 Å². The quantitative estimate of drug-likeness (QED) is 0.603. The molecule has 0 spiro atoms. The van der Waals surface area contributed by atoms with E-state index in [-0.39, 0.29) is 21.1 Å². The molecule has 0 saturated carbocycles. The normalized spacial score (nSPS) is 10.6. The van der Waals surface area contributed by atoms with Crippen molar-refractivity contribution in [2.45, 2.75) is 0 Å². The highest BCUT2D eigenvalue weighted by molar-refractivity contribution is 6.29. The molecule has 14 heavy (non-hydrogen) atoms. The third-order valence-corrected chi connectivity index (χ3v) is 1.65. The number of fused-ring (bicyclic) bond motifs is 1. The van der Waals surface area contributed by atoms with E-state index in [9.17, 15) is 9.59 Å². The fourth-order valence-electron chi connectivity index (χ4n) is 0.879. The maximum atomic E-state index is 11.2. The summed E-state index contributed by atoms with van der Waals surface area (Å²) in [6.45, 7) is 0. The lowest BCUT2D eigenvalue weighted by Crippen LogP contribution is -2.31. The van der Waals surface area contributed by atoms with E-state index >= 15 is 0 Å². The fourth-order valence-corrected chi connectivity index (χ4v) is 1.00. The minimum absolute atomic E-state index is 0.0178. The number of hydrogen-bond donors (Lipinski definition) is 1. The molecule has 2 heterocycles. The van der Waals surface area contributed by atoms with Crippen molar-refractivity contribution in [1.82, 2.24) is 14.7 Å². The number of aromatic nitrogens is 3. The minimum Gasteiger partial charge on any atom is -0.420 e. The first-order valence-electron chi connectivity index (χ1n) is 3.37. The first-order chi connectivity index (χ1) is 6.59. The van der Waals surface area contributed by atoms with Gasteiger partial charge in [-0.15, -0.1) is 0 Å². The second-order valence-corrected chi connectivity index (χ2v) is 2.72. The molecule has 0 atom stereocenters. The van der Waals surface area contributed by atoms with Gasteiger partial charge in [0.15, 0.2) is 10.7 Å². The Bertz CT molecular complexity index is 616. The summed E-state index contributed by atoms with van der Waals surface area (Å²) in [6.07, 6.45) is 1.10. The van der Waals surface area contributed by atoms with E-state index in [1.807, 2.05) is 0 Å². The average molecular weight is 216 g/mol. The molecule has 0 bridgehead atoms. The van der Waals surface area contributed by atoms with Crippen molar-refractivity contribution >= 4 is 22.8 Å². The first-order valence-corrected chi connectivity index (χ1v) is 3.75. The predicted octanol–water partition coefficient (Wildman–Crippen LogP) is -0.365. The van der Waals surface area contributed by atoms with Crippen molar-refractivity contribution in [1.29, 1.82) is 0 Å². The number of rotatable bonds is 0. The van der Waals surface area contributed by atoms with Gasteiger partial charge in [0.05, 0.1) is 6.20 Å². The zero-order chi connectivity index (χ0) is 10.3. The highest BCUT2D eigenvalue weighted by atomic mass is 35.5. The van der Waals surface area contributed by atoms with E-state index in [2.05, 4.69) is 14.4 Å². The summed E-state index contributed by atoms with van der Waals surface area (Å²) >= 11 is 5.46. The Morgan fingerprint density at radius 1 is 1.50 bits per heavy atom. The van der Waals surface area contributed by atoms with Crippen LogP contribution in [0.1, 0.15) is 0 Å². The summed E-state index contributed by atoms with van der Waals surface area (Å²) in [5, 5.41) is 8.85. The number of hydrogen-bond acceptors (Lipinski definition) is 6. The molecule has 0 saturated heterocycles. The van der Waals surface area contributed by atoms with Gasteiger partial charge < -0.3 is 9.62 Å². The van der Waals surface area contributed by atoms with E-state index in [4.69, 9.17) is 16.8 Å². The molecular weight excluding hydrogens is 214 g/mol. The van der Waals surface area contributed by atoms with Gasteiger partial charge in [0.1, 0.15) is 0 Å². The maximum absolute atomic E-state index is 11.2. The van der Waals surface area contributed by atoms with Crippen molar-refractivity contribution in [2.24, 2.45) is 0 Å². The van der Waals surface area contributed by atoms with Gasteiger partial charge in [-0.1, -0.05) is 16.3 Å². The standard InChI is InChI=1S/C6H2ClN3O4/c7-2-1-8-3-4(9-2)14-6(12)10(13)5(3)11/h1,13H. The van der Waals surface area contributed by atoms with Gasteiger partial charge in [0.2, 0.25) is 0 Å². The first kappa shape index (κ1) is 8.70. The minimum atomic E-state index is -1.24. The Hall–Kier alpha value is -1.89. The molecule has 0 aromatic carbocycles. The zero-order valence-corrected chi connectivity index (χ0v) is 7.22. The largest absolute Gasteiger partial charge is 0.457 e. The smallest absolute Gasteiger partial charge is 0.420 e. The molecule has 0 radical (unpaired) electrons. The van der Waals surface area contributed by atoms with Crippen LogP contribution in [-0.4, -0.2) is 19.9 Å². The van der Waals surface area contributed by atoms with Crippen LogP contribution >= 0.6 is 11.6 Å². The van der Waals surface area contributed by atoms with Crippen LogP contribution in [0.5, 0.6) is 0 Å². The van der Waals surface area contributed by atoms with Crippen LogP contribution in [0.15, 0.2) is 20.2 Å². The predicted molar refractivity (Wildman–Crippen MR) is 44.5 cm³/mol. The van der Waals surface area contributed by atoms with E-state index in [1.54, 1.807) is 0 Å². The van der Waals surface area contributed by atoms with Crippen molar-refractivity contribution in [3.63, 3.8) is 0 Å². The molecule has 2 aromatic rings. The van der Waals surface area contributed by atoms with Crippen LogP contribution in [0.3, 0.4) is 0 Å². The van der Waals surface area contributed by atoms with E-state index < -0.39 is 11.3 Å². The van der Waals surface area contributed by atoms with Crippen LogP contribution in [0.25, 0.3) is 11.2 Å². The molecule has 8 heteroatoms. The summed E-state index contributed by atoms with van der Waals surface area (Å²) in [4.78, 5) is 29.1. The van der Waals surface area contributed by atoms with Gasteiger partial charge in [0.25, 0.3) is 5.71 Å². The SMILES string of the molecule is O=c1oc2nc(Cl)cnc2c(=O)n1O. The summed E-state index contributed by atoms with van der Waals surface area (Å²) in [5.41, 5.74) is -1.57. The molecular formula is C6H2ClN3O4. The Morgan fingerprint density at radius 2 is 2.21 bits per heavy atom. The van der Waals surface area contributed by atoms with E-state index in [0.29, 0.717) is 0 Å². The Morgan fingerprint density at radius 3 is 2.93 bits per heavy atom. The lowest BCUT2D eigenvalue weighted by Gasteiger charge is -1.95. The summed E-state index contributed by atoms with van der Waals surface area (Å²) in [6, 6.07) is 0. The third kappa shape index (κ3) is 1.14. The summed E-state index contributed by atoms with van der Waals surface area (Å²) in [5.74, 6) is -1.24. The molecule has 0 fully saturated rings. The molecule has 0 aliphatic heterocycles. The summed E-state index contributed by atoms with van der Waals surface area (Å²) in [7, 11) is 0. The highest BCUT2D eigenvalue weighted by Crippen LogP contribution is 2.06. The second-order valence-electron chi connectivity index (χ2n) is 2.33. The van der Waals surface area contributed by atoms with E-state index in [0.717, 1.165) is 6.20 Å². The van der Waals surface area contributed by atoms with Gasteiger partial charge in [0, 0.05) is 0 Å². The van der Waals surface area contributed by atoms with Gasteiger partial charge in [-0.05, 0) is 0 Å². The van der Waals surface area contributed by atoms with Crippen molar-refractivity contribution in [3.05, 3.63) is 32.3 Å². The van der Waals surface area contributed by atoms with Gasteiger partial charge in [-0.25, -0.2) is 9.78 Å². The lowest BCUT2D eigenvalue weighted by atomic mass is 10.5. The second kappa shape index (κ2) is 2.81. The molecule has 1 N–H and O–H groups in total. The van der Waals surface area contributed by atoms with Crippen molar-refractivity contribution in [3.8, 4) is 0 Å². The topological polar surface area (TPSA) is 98.2 Å². The maximum Gasteiger partial charge on any atom is 0.457 e. The Balaban J connectivity index is 3.06. The summed E-state index contributed by atoms with van der Waals surface area (Å²) < 4.78 is 4.26. The van der Waals surface area contributed by atoms with Gasteiger partial charge in [-0.3, -0.25) is 4.79 Å². The Labute approximate surface area is 80.2 Å². The molecule has 2 rings (SSSR count). The molecule has 0 aliphatic rings. The molecule has 0 amide bonds. The van der Waals surface area contributed by atoms with Crippen LogP contribution < -0.4 is 11.3 Å². The zero-order valence-electron chi connectivity index (χ0n) is 6.47. The lowest BCUT2D eigenvalue weighted by molar-refractivity contribution is 0.139. The van der Waals surface area contributed by atoms with Crippen LogP contribution in [0.4, 0.5) is 0 Å². The van der Waals surface area contributed by atoms with Crippen LogP contribution in [0.2, 0.25) is 5.15 Å². The molecule has 0 aliphatic carbocycles. The van der Waals surface area contributed by atoms with E-state index in [1.165, 1.54) is 0 Å². The van der Waals surface area contributed by atoms with Crippen molar-refractivity contribution in [2.75, 3.05) is 0 Å². The fraction of sp³-hybridized carbons (Fsp3) is 0.